The van der Waals surface area contributed by atoms with Crippen LogP contribution in [0.25, 0.3) is 11.0 Å². The summed E-state index contributed by atoms with van der Waals surface area (Å²) in [4.78, 5) is 26.1. The number of anilines is 1. The van der Waals surface area contributed by atoms with Gasteiger partial charge in [0.2, 0.25) is 0 Å². The Bertz CT molecular complexity index is 985. The Morgan fingerprint density at radius 1 is 1.18 bits per heavy atom. The second-order valence-electron chi connectivity index (χ2n) is 7.39. The van der Waals surface area contributed by atoms with Gasteiger partial charge < -0.3 is 19.0 Å². The molecule has 3 aromatic rings. The van der Waals surface area contributed by atoms with Crippen molar-refractivity contribution in [3.8, 4) is 5.88 Å². The molecule has 1 amide bonds. The zero-order chi connectivity index (χ0) is 19.1. The van der Waals surface area contributed by atoms with E-state index in [0.29, 0.717) is 17.6 Å². The molecule has 0 radical (unpaired) electrons. The molecule has 2 aliphatic heterocycles. The van der Waals surface area contributed by atoms with E-state index in [1.165, 1.54) is 0 Å². The highest BCUT2D eigenvalue weighted by Gasteiger charge is 2.42. The second-order valence-corrected chi connectivity index (χ2v) is 7.39. The van der Waals surface area contributed by atoms with Gasteiger partial charge in [-0.05, 0) is 30.9 Å². The summed E-state index contributed by atoms with van der Waals surface area (Å²) in [5.74, 6) is 2.15. The number of benzene rings is 1. The van der Waals surface area contributed by atoms with E-state index in [1.54, 1.807) is 19.5 Å². The minimum atomic E-state index is -0.0309. The smallest absolute Gasteiger partial charge is 0.289 e. The topological polar surface area (TPSA) is 71.7 Å². The molecule has 2 atom stereocenters. The zero-order valence-corrected chi connectivity index (χ0v) is 15.7. The molecule has 0 bridgehead atoms. The Morgan fingerprint density at radius 3 is 2.86 bits per heavy atom. The maximum atomic E-state index is 13.2. The predicted octanol–water partition coefficient (Wildman–Crippen LogP) is 2.97. The number of likely N-dealkylation sites (tertiary alicyclic amines) is 1. The zero-order valence-electron chi connectivity index (χ0n) is 15.7. The molecule has 1 aromatic carbocycles. The van der Waals surface area contributed by atoms with Gasteiger partial charge in [0.15, 0.2) is 11.6 Å². The average molecular weight is 378 g/mol. The number of ether oxygens (including phenoxy) is 1. The van der Waals surface area contributed by atoms with Crippen molar-refractivity contribution in [1.29, 1.82) is 0 Å². The lowest BCUT2D eigenvalue weighted by atomic mass is 9.92. The third-order valence-corrected chi connectivity index (χ3v) is 5.90. The summed E-state index contributed by atoms with van der Waals surface area (Å²) < 4.78 is 11.2. The highest BCUT2D eigenvalue weighted by atomic mass is 16.5. The molecule has 0 spiro atoms. The number of methoxy groups -OCH3 is 1. The number of piperidine rings is 1. The minimum Gasteiger partial charge on any atom is -0.478 e. The van der Waals surface area contributed by atoms with Crippen LogP contribution >= 0.6 is 0 Å². The standard InChI is InChI=1S/C21H22N4O3/c1-27-20-19(22-8-9-23-20)24-10-6-14-7-11-25(16(14)13-24)21(26)18-12-15-4-2-3-5-17(15)28-18/h2-5,8-9,12,14,16H,6-7,10-11,13H2,1H3. The Hall–Kier alpha value is -3.09. The molecule has 2 fully saturated rings. The van der Waals surface area contributed by atoms with Crippen molar-refractivity contribution in [3.63, 3.8) is 0 Å². The molecular weight excluding hydrogens is 356 g/mol. The predicted molar refractivity (Wildman–Crippen MR) is 105 cm³/mol. The average Bonchev–Trinajstić information content (AvgIpc) is 3.37. The summed E-state index contributed by atoms with van der Waals surface area (Å²) in [5.41, 5.74) is 0.746. The van der Waals surface area contributed by atoms with E-state index in [2.05, 4.69) is 14.9 Å². The van der Waals surface area contributed by atoms with Gasteiger partial charge in [-0.2, -0.15) is 0 Å². The number of nitrogens with zero attached hydrogens (tertiary/aromatic N) is 4. The first-order valence-electron chi connectivity index (χ1n) is 9.64. The van der Waals surface area contributed by atoms with Crippen LogP contribution in [-0.2, 0) is 0 Å². The monoisotopic (exact) mass is 378 g/mol. The maximum absolute atomic E-state index is 13.2. The summed E-state index contributed by atoms with van der Waals surface area (Å²) in [6.07, 6.45) is 5.36. The minimum absolute atomic E-state index is 0.0309. The summed E-state index contributed by atoms with van der Waals surface area (Å²) in [5, 5.41) is 0.955. The number of carbonyl (C=O) groups excluding carboxylic acids is 1. The molecule has 0 saturated carbocycles. The van der Waals surface area contributed by atoms with Gasteiger partial charge in [0.1, 0.15) is 5.58 Å². The normalized spacial score (nSPS) is 21.8. The molecule has 0 aliphatic carbocycles. The van der Waals surface area contributed by atoms with E-state index in [9.17, 15) is 4.79 Å². The molecule has 2 saturated heterocycles. The van der Waals surface area contributed by atoms with Crippen molar-refractivity contribution < 1.29 is 13.9 Å². The number of aromatic nitrogens is 2. The molecule has 7 heteroatoms. The molecule has 144 valence electrons. The fourth-order valence-corrected chi connectivity index (χ4v) is 4.49. The molecule has 4 heterocycles. The first-order chi connectivity index (χ1) is 13.7. The van der Waals surface area contributed by atoms with Crippen LogP contribution in [0.4, 0.5) is 5.82 Å². The maximum Gasteiger partial charge on any atom is 0.289 e. The lowest BCUT2D eigenvalue weighted by Crippen LogP contribution is -2.50. The van der Waals surface area contributed by atoms with Crippen LogP contribution in [0.5, 0.6) is 5.88 Å². The number of para-hydroxylation sites is 1. The number of furan rings is 1. The lowest BCUT2D eigenvalue weighted by Gasteiger charge is -2.38. The number of rotatable bonds is 3. The van der Waals surface area contributed by atoms with Gasteiger partial charge >= 0.3 is 0 Å². The van der Waals surface area contributed by atoms with Crippen molar-refractivity contribution in [2.24, 2.45) is 5.92 Å². The van der Waals surface area contributed by atoms with Crippen molar-refractivity contribution in [2.45, 2.75) is 18.9 Å². The van der Waals surface area contributed by atoms with E-state index in [4.69, 9.17) is 9.15 Å². The second kappa shape index (κ2) is 6.82. The van der Waals surface area contributed by atoms with E-state index in [0.717, 1.165) is 49.3 Å². The van der Waals surface area contributed by atoms with Crippen LogP contribution in [0.1, 0.15) is 23.4 Å². The van der Waals surface area contributed by atoms with Crippen molar-refractivity contribution in [1.82, 2.24) is 14.9 Å². The van der Waals surface area contributed by atoms with Crippen molar-refractivity contribution >= 4 is 22.7 Å². The van der Waals surface area contributed by atoms with Crippen LogP contribution < -0.4 is 9.64 Å². The molecule has 7 nitrogen and oxygen atoms in total. The first kappa shape index (κ1) is 17.0. The fourth-order valence-electron chi connectivity index (χ4n) is 4.49. The van der Waals surface area contributed by atoms with Gasteiger partial charge in [0.05, 0.1) is 13.2 Å². The first-order valence-corrected chi connectivity index (χ1v) is 9.64. The molecule has 28 heavy (non-hydrogen) atoms. The number of carbonyl (C=O) groups is 1. The Balaban J connectivity index is 1.40. The Kier molecular flexibility index (Phi) is 4.15. The van der Waals surface area contributed by atoms with Crippen molar-refractivity contribution in [3.05, 3.63) is 48.5 Å². The SMILES string of the molecule is COc1nccnc1N1CCC2CCN(C(=O)c3cc4ccccc4o3)C2C1. The summed E-state index contributed by atoms with van der Waals surface area (Å²) in [6, 6.07) is 9.70. The van der Waals surface area contributed by atoms with Crippen LogP contribution in [0, 0.1) is 5.92 Å². The fraction of sp³-hybridized carbons (Fsp3) is 0.381. The Morgan fingerprint density at radius 2 is 2.00 bits per heavy atom. The third kappa shape index (κ3) is 2.78. The van der Waals surface area contributed by atoms with Gasteiger partial charge in [0.25, 0.3) is 11.8 Å². The van der Waals surface area contributed by atoms with Gasteiger partial charge in [-0.3, -0.25) is 4.79 Å². The van der Waals surface area contributed by atoms with Crippen LogP contribution in [0.3, 0.4) is 0 Å². The quantitative estimate of drug-likeness (QED) is 0.698. The van der Waals surface area contributed by atoms with E-state index in [-0.39, 0.29) is 11.9 Å². The third-order valence-electron chi connectivity index (χ3n) is 5.90. The molecule has 2 unspecified atom stereocenters. The molecule has 2 aliphatic rings. The van der Waals surface area contributed by atoms with Gasteiger partial charge in [-0.1, -0.05) is 18.2 Å². The number of fused-ring (bicyclic) bond motifs is 2. The van der Waals surface area contributed by atoms with Gasteiger partial charge in [-0.25, -0.2) is 9.97 Å². The largest absolute Gasteiger partial charge is 0.478 e. The Labute approximate surface area is 162 Å². The number of hydrogen-bond donors (Lipinski definition) is 0. The summed E-state index contributed by atoms with van der Waals surface area (Å²) >= 11 is 0. The molecule has 0 N–H and O–H groups in total. The molecule has 5 rings (SSSR count). The highest BCUT2D eigenvalue weighted by Crippen LogP contribution is 2.36. The van der Waals surface area contributed by atoms with Crippen molar-refractivity contribution in [2.75, 3.05) is 31.6 Å². The highest BCUT2D eigenvalue weighted by molar-refractivity contribution is 5.96. The summed E-state index contributed by atoms with van der Waals surface area (Å²) in [7, 11) is 1.60. The van der Waals surface area contributed by atoms with E-state index in [1.807, 2.05) is 35.2 Å². The molecular formula is C21H22N4O3. The van der Waals surface area contributed by atoms with Gasteiger partial charge in [-0.15, -0.1) is 0 Å². The van der Waals surface area contributed by atoms with E-state index < -0.39 is 0 Å². The number of amides is 1. The lowest BCUT2D eigenvalue weighted by molar-refractivity contribution is 0.0682. The molecule has 2 aromatic heterocycles. The van der Waals surface area contributed by atoms with Crippen LogP contribution in [0.15, 0.2) is 47.1 Å². The number of hydrogen-bond acceptors (Lipinski definition) is 6. The van der Waals surface area contributed by atoms with Crippen LogP contribution in [-0.4, -0.2) is 53.6 Å². The summed E-state index contributed by atoms with van der Waals surface area (Å²) in [6.45, 7) is 2.38. The van der Waals surface area contributed by atoms with E-state index >= 15 is 0 Å². The van der Waals surface area contributed by atoms with Gasteiger partial charge in [0, 0.05) is 37.4 Å². The van der Waals surface area contributed by atoms with Crippen LogP contribution in [0.2, 0.25) is 0 Å².